The Morgan fingerprint density at radius 2 is 1.43 bits per heavy atom. The van der Waals surface area contributed by atoms with Crippen LogP contribution >= 0.6 is 0 Å². The third kappa shape index (κ3) is 6.50. The fourth-order valence-corrected chi connectivity index (χ4v) is 2.72. The molecule has 0 aliphatic heterocycles. The molecule has 0 spiro atoms. The van der Waals surface area contributed by atoms with Gasteiger partial charge in [-0.2, -0.15) is 0 Å². The third-order valence-corrected chi connectivity index (χ3v) is 3.79. The van der Waals surface area contributed by atoms with Crippen molar-refractivity contribution in [1.82, 2.24) is 9.97 Å². The third-order valence-electron chi connectivity index (χ3n) is 3.79. The van der Waals surface area contributed by atoms with Gasteiger partial charge in [0.15, 0.2) is 18.3 Å². The van der Waals surface area contributed by atoms with Gasteiger partial charge in [0.2, 0.25) is 0 Å². The minimum Gasteiger partial charge on any atom is -0.462 e. The fraction of sp³-hybridized carbons (Fsp3) is 0.400. The molecule has 160 valence electrons. The van der Waals surface area contributed by atoms with Crippen LogP contribution < -0.4 is 0 Å². The molecule has 1 aromatic carbocycles. The summed E-state index contributed by atoms with van der Waals surface area (Å²) in [5.74, 6) is -2.77. The number of nitrogens with zero attached hydrogens (tertiary/aromatic N) is 2. The molecule has 0 radical (unpaired) electrons. The van der Waals surface area contributed by atoms with Crippen LogP contribution in [0.2, 0.25) is 0 Å². The smallest absolute Gasteiger partial charge is 0.303 e. The fourth-order valence-electron chi connectivity index (χ4n) is 2.72. The number of para-hydroxylation sites is 2. The van der Waals surface area contributed by atoms with Gasteiger partial charge in [-0.1, -0.05) is 12.1 Å². The maximum Gasteiger partial charge on any atom is 0.303 e. The molecule has 10 heteroatoms. The van der Waals surface area contributed by atoms with Gasteiger partial charge >= 0.3 is 23.9 Å². The maximum atomic E-state index is 11.8. The molecule has 0 saturated carbocycles. The van der Waals surface area contributed by atoms with Gasteiger partial charge < -0.3 is 18.9 Å². The van der Waals surface area contributed by atoms with Crippen LogP contribution in [-0.4, -0.2) is 52.7 Å². The Morgan fingerprint density at radius 3 is 2.00 bits per heavy atom. The molecule has 0 aliphatic rings. The second-order valence-electron chi connectivity index (χ2n) is 6.34. The van der Waals surface area contributed by atoms with Gasteiger partial charge in [0.1, 0.15) is 12.3 Å². The van der Waals surface area contributed by atoms with E-state index < -0.39 is 48.8 Å². The van der Waals surface area contributed by atoms with Gasteiger partial charge in [-0.3, -0.25) is 24.2 Å². The Bertz CT molecular complexity index is 945. The first-order valence-corrected chi connectivity index (χ1v) is 9.04. The predicted molar refractivity (Wildman–Crippen MR) is 102 cm³/mol. The topological polar surface area (TPSA) is 131 Å². The number of carbonyl (C=O) groups excluding carboxylic acids is 4. The van der Waals surface area contributed by atoms with Crippen molar-refractivity contribution in [3.63, 3.8) is 0 Å². The second-order valence-corrected chi connectivity index (χ2v) is 6.34. The highest BCUT2D eigenvalue weighted by Crippen LogP contribution is 2.28. The van der Waals surface area contributed by atoms with E-state index >= 15 is 0 Å². The van der Waals surface area contributed by atoms with Crippen LogP contribution in [0.5, 0.6) is 0 Å². The molecule has 0 unspecified atom stereocenters. The van der Waals surface area contributed by atoms with Crippen LogP contribution in [0.3, 0.4) is 0 Å². The van der Waals surface area contributed by atoms with E-state index in [1.807, 2.05) is 0 Å². The van der Waals surface area contributed by atoms with Gasteiger partial charge in [-0.05, 0) is 12.1 Å². The van der Waals surface area contributed by atoms with Crippen LogP contribution in [0.4, 0.5) is 0 Å². The lowest BCUT2D eigenvalue weighted by atomic mass is 10.0. The second kappa shape index (κ2) is 10.3. The highest BCUT2D eigenvalue weighted by atomic mass is 16.6. The van der Waals surface area contributed by atoms with Crippen molar-refractivity contribution in [2.24, 2.45) is 0 Å². The van der Waals surface area contributed by atoms with Crippen molar-refractivity contribution in [3.8, 4) is 0 Å². The van der Waals surface area contributed by atoms with Crippen molar-refractivity contribution in [3.05, 3.63) is 36.2 Å². The lowest BCUT2D eigenvalue weighted by molar-refractivity contribution is -0.190. The maximum absolute atomic E-state index is 11.8. The van der Waals surface area contributed by atoms with Crippen LogP contribution in [0.25, 0.3) is 11.0 Å². The lowest BCUT2D eigenvalue weighted by Crippen LogP contribution is -2.43. The van der Waals surface area contributed by atoms with Gasteiger partial charge in [0.05, 0.1) is 17.2 Å². The number of ether oxygens (including phenoxy) is 4. The Kier molecular flexibility index (Phi) is 7.79. The molecule has 1 heterocycles. The summed E-state index contributed by atoms with van der Waals surface area (Å²) < 4.78 is 20.8. The number of hydrogen-bond donors (Lipinski definition) is 0. The summed E-state index contributed by atoms with van der Waals surface area (Å²) in [6, 6.07) is 7.00. The van der Waals surface area contributed by atoms with Crippen molar-refractivity contribution < 1.29 is 38.1 Å². The standard InChI is InChI=1S/C20H22N2O8/c1-11(23)27-10-18(28-12(2)24)20(30-14(4)26)19(29-13(3)25)17-9-21-15-7-5-6-8-16(15)22-17/h5-9,18-20H,10H2,1-4H3/t18-,19-,20+/m0/s1. The monoisotopic (exact) mass is 418 g/mol. The Morgan fingerprint density at radius 1 is 0.833 bits per heavy atom. The first-order valence-electron chi connectivity index (χ1n) is 9.04. The van der Waals surface area contributed by atoms with Gasteiger partial charge in [-0.15, -0.1) is 0 Å². The highest BCUT2D eigenvalue weighted by Gasteiger charge is 2.40. The quantitative estimate of drug-likeness (QED) is 0.460. The minimum atomic E-state index is -1.34. The summed E-state index contributed by atoms with van der Waals surface area (Å²) in [5.41, 5.74) is 1.27. The first-order chi connectivity index (χ1) is 14.2. The normalized spacial score (nSPS) is 13.6. The zero-order chi connectivity index (χ0) is 22.3. The molecule has 2 aromatic rings. The summed E-state index contributed by atoms with van der Waals surface area (Å²) in [5, 5.41) is 0. The van der Waals surface area contributed by atoms with Crippen molar-refractivity contribution in [1.29, 1.82) is 0 Å². The summed E-state index contributed by atoms with van der Waals surface area (Å²) in [7, 11) is 0. The van der Waals surface area contributed by atoms with Crippen LogP contribution in [0, 0.1) is 0 Å². The van der Waals surface area contributed by atoms with Crippen molar-refractivity contribution >= 4 is 34.9 Å². The van der Waals surface area contributed by atoms with E-state index in [0.29, 0.717) is 11.0 Å². The molecule has 2 rings (SSSR count). The summed E-state index contributed by atoms with van der Waals surface area (Å²) in [6.45, 7) is 4.19. The van der Waals surface area contributed by atoms with Crippen LogP contribution in [-0.2, 0) is 38.1 Å². The number of fused-ring (bicyclic) bond motifs is 1. The molecule has 0 bridgehead atoms. The molecule has 10 nitrogen and oxygen atoms in total. The van der Waals surface area contributed by atoms with E-state index in [4.69, 9.17) is 18.9 Å². The molecule has 0 fully saturated rings. The molecule has 1 aromatic heterocycles. The first kappa shape index (κ1) is 22.7. The molecule has 0 N–H and O–H groups in total. The van der Waals surface area contributed by atoms with E-state index in [-0.39, 0.29) is 5.69 Å². The van der Waals surface area contributed by atoms with Crippen LogP contribution in [0.1, 0.15) is 39.5 Å². The van der Waals surface area contributed by atoms with E-state index in [0.717, 1.165) is 13.8 Å². The summed E-state index contributed by atoms with van der Waals surface area (Å²) in [4.78, 5) is 55.1. The van der Waals surface area contributed by atoms with E-state index in [2.05, 4.69) is 9.97 Å². The zero-order valence-electron chi connectivity index (χ0n) is 17.0. The number of hydrogen-bond acceptors (Lipinski definition) is 10. The van der Waals surface area contributed by atoms with E-state index in [9.17, 15) is 19.2 Å². The number of aromatic nitrogens is 2. The number of rotatable bonds is 8. The Balaban J connectivity index is 2.52. The van der Waals surface area contributed by atoms with Crippen molar-refractivity contribution in [2.45, 2.75) is 46.0 Å². The summed E-state index contributed by atoms with van der Waals surface area (Å²) >= 11 is 0. The van der Waals surface area contributed by atoms with Gasteiger partial charge in [0, 0.05) is 27.7 Å². The molecule has 3 atom stereocenters. The molecule has 0 aliphatic carbocycles. The van der Waals surface area contributed by atoms with E-state index in [1.54, 1.807) is 24.3 Å². The molecule has 0 saturated heterocycles. The zero-order valence-corrected chi connectivity index (χ0v) is 17.0. The number of carbonyl (C=O) groups is 4. The lowest BCUT2D eigenvalue weighted by Gasteiger charge is -2.31. The van der Waals surface area contributed by atoms with Crippen LogP contribution in [0.15, 0.2) is 30.5 Å². The molecular weight excluding hydrogens is 396 g/mol. The van der Waals surface area contributed by atoms with Crippen molar-refractivity contribution in [2.75, 3.05) is 6.61 Å². The average molecular weight is 418 g/mol. The van der Waals surface area contributed by atoms with Gasteiger partial charge in [-0.25, -0.2) is 4.98 Å². The average Bonchev–Trinajstić information content (AvgIpc) is 2.66. The van der Waals surface area contributed by atoms with Gasteiger partial charge in [0.25, 0.3) is 0 Å². The number of esters is 4. The van der Waals surface area contributed by atoms with E-state index in [1.165, 1.54) is 20.0 Å². The molecular formula is C20H22N2O8. The predicted octanol–water partition coefficient (Wildman–Crippen LogP) is 1.66. The Hall–Kier alpha value is -3.56. The summed E-state index contributed by atoms with van der Waals surface area (Å²) in [6.07, 6.45) is -2.51. The number of benzene rings is 1. The minimum absolute atomic E-state index is 0.162. The highest BCUT2D eigenvalue weighted by molar-refractivity contribution is 5.74. The largest absolute Gasteiger partial charge is 0.462 e. The molecule has 0 amide bonds. The SMILES string of the molecule is CC(=O)OC[C@H](OC(C)=O)[C@@H](OC(C)=O)[C@@H](OC(C)=O)c1cnc2ccccc2n1. The Labute approximate surface area is 172 Å². The molecule has 30 heavy (non-hydrogen) atoms.